The predicted molar refractivity (Wildman–Crippen MR) is 128 cm³/mol. The minimum atomic E-state index is -0.616. The molecule has 0 unspecified atom stereocenters. The predicted octanol–water partition coefficient (Wildman–Crippen LogP) is 2.65. The molecule has 9 heteroatoms. The van der Waals surface area contributed by atoms with Crippen molar-refractivity contribution < 1.29 is 13.9 Å². The van der Waals surface area contributed by atoms with Crippen LogP contribution in [0.4, 0.5) is 4.39 Å². The molecular weight excluding hydrogens is 449 g/mol. The van der Waals surface area contributed by atoms with Gasteiger partial charge < -0.3 is 10.1 Å². The van der Waals surface area contributed by atoms with Crippen molar-refractivity contribution >= 4 is 16.9 Å². The van der Waals surface area contributed by atoms with Crippen LogP contribution in [0.1, 0.15) is 24.0 Å². The van der Waals surface area contributed by atoms with E-state index in [1.807, 2.05) is 30.3 Å². The highest BCUT2D eigenvalue weighted by Crippen LogP contribution is 2.35. The fourth-order valence-electron chi connectivity index (χ4n) is 4.67. The summed E-state index contributed by atoms with van der Waals surface area (Å²) in [7, 11) is 0. The highest BCUT2D eigenvalue weighted by atomic mass is 19.1. The summed E-state index contributed by atoms with van der Waals surface area (Å²) in [4.78, 5) is 30.6. The Hall–Kier alpha value is -3.85. The first-order valence-electron chi connectivity index (χ1n) is 11.6. The number of fused-ring (bicyclic) bond motifs is 1. The number of benzene rings is 2. The summed E-state index contributed by atoms with van der Waals surface area (Å²) in [5.41, 5.74) is 1.24. The van der Waals surface area contributed by atoms with Crippen LogP contribution < -0.4 is 10.9 Å². The van der Waals surface area contributed by atoms with Crippen molar-refractivity contribution in [2.75, 3.05) is 19.8 Å². The zero-order valence-corrected chi connectivity index (χ0v) is 19.2. The van der Waals surface area contributed by atoms with Gasteiger partial charge in [-0.15, -0.1) is 0 Å². The van der Waals surface area contributed by atoms with Crippen LogP contribution in [0.25, 0.3) is 11.0 Å². The normalized spacial score (nSPS) is 15.2. The summed E-state index contributed by atoms with van der Waals surface area (Å²) in [6.45, 7) is 2.01. The molecular formula is C26H26FN5O3. The zero-order chi connectivity index (χ0) is 24.3. The van der Waals surface area contributed by atoms with Gasteiger partial charge in [-0.25, -0.2) is 14.1 Å². The third kappa shape index (κ3) is 4.59. The molecule has 0 bridgehead atoms. The quantitative estimate of drug-likeness (QED) is 0.444. The van der Waals surface area contributed by atoms with E-state index in [1.165, 1.54) is 29.2 Å². The molecule has 0 saturated carbocycles. The molecule has 2 aromatic heterocycles. The molecule has 0 atom stereocenters. The second-order valence-corrected chi connectivity index (χ2v) is 8.73. The van der Waals surface area contributed by atoms with Crippen LogP contribution in [-0.2, 0) is 28.0 Å². The molecule has 2 aromatic carbocycles. The molecule has 1 aliphatic rings. The third-order valence-corrected chi connectivity index (χ3v) is 6.58. The molecule has 0 spiro atoms. The molecule has 1 aliphatic heterocycles. The zero-order valence-electron chi connectivity index (χ0n) is 19.2. The van der Waals surface area contributed by atoms with Crippen molar-refractivity contribution in [1.29, 1.82) is 0 Å². The second-order valence-electron chi connectivity index (χ2n) is 8.73. The SMILES string of the molecule is O=C(NCCn1ncc2c(=O)n(Cc3cccc(F)c3)cnc21)C1(c2ccccc2)CCOCC1. The number of hydrogen-bond acceptors (Lipinski definition) is 5. The fourth-order valence-corrected chi connectivity index (χ4v) is 4.67. The lowest BCUT2D eigenvalue weighted by molar-refractivity contribution is -0.130. The Morgan fingerprint density at radius 1 is 1.11 bits per heavy atom. The summed E-state index contributed by atoms with van der Waals surface area (Å²) in [6.07, 6.45) is 4.18. The first kappa shape index (κ1) is 22.9. The Balaban J connectivity index is 1.29. The number of carbonyl (C=O) groups excluding carboxylic acids is 1. The smallest absolute Gasteiger partial charge is 0.264 e. The van der Waals surface area contributed by atoms with Gasteiger partial charge in [-0.1, -0.05) is 42.5 Å². The maximum atomic E-state index is 13.5. The van der Waals surface area contributed by atoms with Gasteiger partial charge in [-0.3, -0.25) is 14.2 Å². The van der Waals surface area contributed by atoms with Gasteiger partial charge in [0.2, 0.25) is 5.91 Å². The summed E-state index contributed by atoms with van der Waals surface area (Å²) in [5.74, 6) is -0.386. The first-order chi connectivity index (χ1) is 17.1. The Kier molecular flexibility index (Phi) is 6.41. The van der Waals surface area contributed by atoms with Crippen molar-refractivity contribution in [3.05, 3.63) is 94.4 Å². The topological polar surface area (TPSA) is 91.0 Å². The summed E-state index contributed by atoms with van der Waals surface area (Å²) < 4.78 is 22.1. The third-order valence-electron chi connectivity index (χ3n) is 6.58. The molecule has 8 nitrogen and oxygen atoms in total. The summed E-state index contributed by atoms with van der Waals surface area (Å²) in [5, 5.41) is 7.74. The molecule has 3 heterocycles. The molecule has 1 fully saturated rings. The Morgan fingerprint density at radius 3 is 2.69 bits per heavy atom. The van der Waals surface area contributed by atoms with E-state index in [-0.39, 0.29) is 23.8 Å². The van der Waals surface area contributed by atoms with E-state index in [0.29, 0.717) is 55.7 Å². The van der Waals surface area contributed by atoms with E-state index in [2.05, 4.69) is 15.4 Å². The minimum Gasteiger partial charge on any atom is -0.381 e. The fraction of sp³-hybridized carbons (Fsp3) is 0.308. The van der Waals surface area contributed by atoms with E-state index in [4.69, 9.17) is 4.74 Å². The first-order valence-corrected chi connectivity index (χ1v) is 11.6. The van der Waals surface area contributed by atoms with Crippen LogP contribution >= 0.6 is 0 Å². The van der Waals surface area contributed by atoms with Crippen molar-refractivity contribution in [3.63, 3.8) is 0 Å². The average Bonchev–Trinajstić information content (AvgIpc) is 3.30. The van der Waals surface area contributed by atoms with Gasteiger partial charge in [0.1, 0.15) is 17.5 Å². The van der Waals surface area contributed by atoms with Crippen molar-refractivity contribution in [2.24, 2.45) is 0 Å². The van der Waals surface area contributed by atoms with Crippen LogP contribution in [-0.4, -0.2) is 45.0 Å². The molecule has 1 saturated heterocycles. The monoisotopic (exact) mass is 475 g/mol. The van der Waals surface area contributed by atoms with Gasteiger partial charge in [0, 0.05) is 19.8 Å². The number of nitrogens with zero attached hydrogens (tertiary/aromatic N) is 4. The van der Waals surface area contributed by atoms with Gasteiger partial charge in [0.05, 0.1) is 24.7 Å². The molecule has 4 aromatic rings. The van der Waals surface area contributed by atoms with Crippen LogP contribution in [0.3, 0.4) is 0 Å². The van der Waals surface area contributed by atoms with Crippen LogP contribution in [0.2, 0.25) is 0 Å². The largest absolute Gasteiger partial charge is 0.381 e. The van der Waals surface area contributed by atoms with Gasteiger partial charge in [-0.05, 0) is 36.1 Å². The van der Waals surface area contributed by atoms with Gasteiger partial charge >= 0.3 is 0 Å². The summed E-state index contributed by atoms with van der Waals surface area (Å²) >= 11 is 0. The maximum absolute atomic E-state index is 13.5. The van der Waals surface area contributed by atoms with E-state index in [9.17, 15) is 14.0 Å². The molecule has 180 valence electrons. The van der Waals surface area contributed by atoms with E-state index in [1.54, 1.807) is 16.8 Å². The number of rotatable bonds is 7. The maximum Gasteiger partial charge on any atom is 0.264 e. The lowest BCUT2D eigenvalue weighted by atomic mass is 9.73. The van der Waals surface area contributed by atoms with Crippen LogP contribution in [0.5, 0.6) is 0 Å². The number of nitrogens with one attached hydrogen (secondary N) is 1. The lowest BCUT2D eigenvalue weighted by Crippen LogP contribution is -2.48. The molecule has 0 aliphatic carbocycles. The van der Waals surface area contributed by atoms with Crippen LogP contribution in [0.15, 0.2) is 71.9 Å². The van der Waals surface area contributed by atoms with E-state index < -0.39 is 5.41 Å². The number of hydrogen-bond donors (Lipinski definition) is 1. The number of halogens is 1. The van der Waals surface area contributed by atoms with E-state index in [0.717, 1.165) is 5.56 Å². The number of carbonyl (C=O) groups is 1. The average molecular weight is 476 g/mol. The summed E-state index contributed by atoms with van der Waals surface area (Å²) in [6, 6.07) is 15.9. The highest BCUT2D eigenvalue weighted by molar-refractivity contribution is 5.88. The number of ether oxygens (including phenoxy) is 1. The van der Waals surface area contributed by atoms with Crippen molar-refractivity contribution in [1.82, 2.24) is 24.6 Å². The minimum absolute atomic E-state index is 0.0335. The van der Waals surface area contributed by atoms with E-state index >= 15 is 0 Å². The molecule has 5 rings (SSSR count). The number of aromatic nitrogens is 4. The second kappa shape index (κ2) is 9.79. The van der Waals surface area contributed by atoms with Crippen molar-refractivity contribution in [3.8, 4) is 0 Å². The highest BCUT2D eigenvalue weighted by Gasteiger charge is 2.41. The van der Waals surface area contributed by atoms with Gasteiger partial charge in [-0.2, -0.15) is 5.10 Å². The van der Waals surface area contributed by atoms with Gasteiger partial charge in [0.25, 0.3) is 5.56 Å². The Morgan fingerprint density at radius 2 is 1.91 bits per heavy atom. The van der Waals surface area contributed by atoms with Crippen LogP contribution in [0, 0.1) is 5.82 Å². The Bertz CT molecular complexity index is 1390. The van der Waals surface area contributed by atoms with Crippen molar-refractivity contribution in [2.45, 2.75) is 31.3 Å². The Labute approximate surface area is 201 Å². The number of amides is 1. The molecule has 0 radical (unpaired) electrons. The lowest BCUT2D eigenvalue weighted by Gasteiger charge is -2.36. The van der Waals surface area contributed by atoms with Gasteiger partial charge in [0.15, 0.2) is 5.65 Å². The molecule has 1 amide bonds. The standard InChI is InChI=1S/C26H26FN5O3/c27-21-8-4-5-19(15-21)17-31-18-29-23-22(24(31)33)16-30-32(23)12-11-28-25(34)26(9-13-35-14-10-26)20-6-2-1-3-7-20/h1-8,15-16,18H,9-14,17H2,(H,28,34). The molecule has 1 N–H and O–H groups in total. The molecule has 35 heavy (non-hydrogen) atoms.